The zero-order valence-electron chi connectivity index (χ0n) is 13.1. The molecule has 1 aromatic heterocycles. The molecule has 2 aromatic rings. The number of aromatic nitrogens is 3. The number of hydrogen-bond acceptors (Lipinski definition) is 3. The van der Waals surface area contributed by atoms with Crippen LogP contribution in [0, 0.1) is 5.41 Å². The molecular weight excluding hydrogens is 280 g/mol. The summed E-state index contributed by atoms with van der Waals surface area (Å²) in [6.45, 7) is 4.98. The van der Waals surface area contributed by atoms with Gasteiger partial charge < -0.3 is 4.90 Å². The molecule has 22 heavy (non-hydrogen) atoms. The van der Waals surface area contributed by atoms with Crippen molar-refractivity contribution in [2.45, 2.75) is 26.4 Å². The van der Waals surface area contributed by atoms with E-state index in [1.807, 2.05) is 35.2 Å². The number of nitrogens with zero attached hydrogens (tertiary/aromatic N) is 4. The first-order valence-electron chi connectivity index (χ1n) is 7.33. The van der Waals surface area contributed by atoms with Gasteiger partial charge in [0.1, 0.15) is 12.9 Å². The molecule has 0 radical (unpaired) electrons. The van der Waals surface area contributed by atoms with E-state index in [1.54, 1.807) is 7.05 Å². The van der Waals surface area contributed by atoms with E-state index in [9.17, 15) is 9.59 Å². The second-order valence-corrected chi connectivity index (χ2v) is 6.51. The van der Waals surface area contributed by atoms with Crippen molar-refractivity contribution in [2.24, 2.45) is 12.5 Å². The Labute approximate surface area is 129 Å². The van der Waals surface area contributed by atoms with Gasteiger partial charge in [-0.05, 0) is 5.56 Å². The van der Waals surface area contributed by atoms with E-state index in [0.29, 0.717) is 6.54 Å². The molecule has 0 saturated carbocycles. The van der Waals surface area contributed by atoms with Crippen molar-refractivity contribution in [3.63, 3.8) is 0 Å². The van der Waals surface area contributed by atoms with E-state index in [0.717, 1.165) is 5.56 Å². The summed E-state index contributed by atoms with van der Waals surface area (Å²) >= 11 is 0. The number of likely N-dealkylation sites (tertiary alicyclic amines) is 1. The van der Waals surface area contributed by atoms with Crippen LogP contribution in [-0.2, 0) is 18.4 Å². The van der Waals surface area contributed by atoms with Gasteiger partial charge in [0.05, 0.1) is 6.04 Å². The van der Waals surface area contributed by atoms with Gasteiger partial charge in [-0.3, -0.25) is 9.36 Å². The summed E-state index contributed by atoms with van der Waals surface area (Å²) in [4.78, 5) is 26.2. The Morgan fingerprint density at radius 2 is 2.00 bits per heavy atom. The van der Waals surface area contributed by atoms with E-state index in [4.69, 9.17) is 0 Å². The number of carbonyl (C=O) groups is 1. The first-order valence-corrected chi connectivity index (χ1v) is 7.33. The van der Waals surface area contributed by atoms with Crippen LogP contribution >= 0.6 is 0 Å². The molecule has 1 saturated heterocycles. The van der Waals surface area contributed by atoms with E-state index in [2.05, 4.69) is 18.9 Å². The fourth-order valence-corrected chi connectivity index (χ4v) is 3.17. The lowest BCUT2D eigenvalue weighted by Crippen LogP contribution is -2.58. The standard InChI is InChI=1S/C16H20N4O2/c1-16(2)10-19(14(16)12-7-5-4-6-8-12)13(21)9-20-15(22)18(3)11-17-20/h4-8,11,14H,9-10H2,1-3H3. The van der Waals surface area contributed by atoms with Crippen LogP contribution in [0.3, 0.4) is 0 Å². The predicted molar refractivity (Wildman–Crippen MR) is 82.1 cm³/mol. The third-order valence-corrected chi connectivity index (χ3v) is 4.24. The molecular formula is C16H20N4O2. The molecule has 1 aromatic carbocycles. The van der Waals surface area contributed by atoms with Crippen molar-refractivity contribution in [3.05, 3.63) is 52.7 Å². The average molecular weight is 300 g/mol. The van der Waals surface area contributed by atoms with Crippen molar-refractivity contribution in [3.8, 4) is 0 Å². The minimum Gasteiger partial charge on any atom is -0.333 e. The van der Waals surface area contributed by atoms with Gasteiger partial charge in [-0.2, -0.15) is 5.10 Å². The van der Waals surface area contributed by atoms with Gasteiger partial charge in [0.25, 0.3) is 0 Å². The maximum absolute atomic E-state index is 12.5. The van der Waals surface area contributed by atoms with Crippen LogP contribution in [0.25, 0.3) is 0 Å². The number of benzene rings is 1. The molecule has 0 spiro atoms. The number of amides is 1. The van der Waals surface area contributed by atoms with Gasteiger partial charge in [0.2, 0.25) is 5.91 Å². The molecule has 1 atom stereocenters. The Morgan fingerprint density at radius 1 is 1.32 bits per heavy atom. The van der Waals surface area contributed by atoms with Gasteiger partial charge in [-0.25, -0.2) is 9.48 Å². The number of aryl methyl sites for hydroxylation is 1. The fourth-order valence-electron chi connectivity index (χ4n) is 3.17. The number of carbonyl (C=O) groups excluding carboxylic acids is 1. The first-order chi connectivity index (χ1) is 10.4. The van der Waals surface area contributed by atoms with Crippen LogP contribution in [0.5, 0.6) is 0 Å². The van der Waals surface area contributed by atoms with E-state index in [1.165, 1.54) is 15.6 Å². The molecule has 6 heteroatoms. The van der Waals surface area contributed by atoms with Crippen LogP contribution in [0.15, 0.2) is 41.5 Å². The van der Waals surface area contributed by atoms with Crippen LogP contribution in [-0.4, -0.2) is 31.7 Å². The molecule has 2 heterocycles. The minimum atomic E-state index is -0.274. The number of rotatable bonds is 3. The van der Waals surface area contributed by atoms with E-state index < -0.39 is 0 Å². The molecule has 116 valence electrons. The van der Waals surface area contributed by atoms with Gasteiger partial charge in [-0.15, -0.1) is 0 Å². The fraction of sp³-hybridized carbons (Fsp3) is 0.438. The van der Waals surface area contributed by atoms with Crippen molar-refractivity contribution in [2.75, 3.05) is 6.54 Å². The van der Waals surface area contributed by atoms with Gasteiger partial charge >= 0.3 is 5.69 Å². The van der Waals surface area contributed by atoms with Crippen molar-refractivity contribution in [1.29, 1.82) is 0 Å². The lowest BCUT2D eigenvalue weighted by Gasteiger charge is -2.54. The van der Waals surface area contributed by atoms with Crippen LogP contribution in [0.4, 0.5) is 0 Å². The maximum Gasteiger partial charge on any atom is 0.345 e. The van der Waals surface area contributed by atoms with Crippen LogP contribution in [0.2, 0.25) is 0 Å². The molecule has 0 aliphatic carbocycles. The summed E-state index contributed by atoms with van der Waals surface area (Å²) in [5.41, 5.74) is 0.886. The second-order valence-electron chi connectivity index (χ2n) is 6.51. The van der Waals surface area contributed by atoms with Crippen molar-refractivity contribution >= 4 is 5.91 Å². The Hall–Kier alpha value is -2.37. The largest absolute Gasteiger partial charge is 0.345 e. The highest BCUT2D eigenvalue weighted by Crippen LogP contribution is 2.48. The molecule has 1 fully saturated rings. The van der Waals surface area contributed by atoms with Crippen molar-refractivity contribution < 1.29 is 4.79 Å². The molecule has 1 aliphatic rings. The predicted octanol–water partition coefficient (Wildman–Crippen LogP) is 1.19. The molecule has 0 N–H and O–H groups in total. The van der Waals surface area contributed by atoms with Gasteiger partial charge in [-0.1, -0.05) is 44.2 Å². The van der Waals surface area contributed by atoms with Gasteiger partial charge in [0.15, 0.2) is 0 Å². The Balaban J connectivity index is 1.81. The van der Waals surface area contributed by atoms with Crippen molar-refractivity contribution in [1.82, 2.24) is 19.2 Å². The summed E-state index contributed by atoms with van der Waals surface area (Å²) in [7, 11) is 1.62. The summed E-state index contributed by atoms with van der Waals surface area (Å²) in [6, 6.07) is 10.1. The summed E-state index contributed by atoms with van der Waals surface area (Å²) < 4.78 is 2.57. The SMILES string of the molecule is Cn1cnn(CC(=O)N2CC(C)(C)C2c2ccccc2)c1=O. The van der Waals surface area contributed by atoms with Crippen LogP contribution in [0.1, 0.15) is 25.5 Å². The lowest BCUT2D eigenvalue weighted by molar-refractivity contribution is -0.153. The number of hydrogen-bond donors (Lipinski definition) is 0. The zero-order chi connectivity index (χ0) is 15.9. The highest BCUT2D eigenvalue weighted by Gasteiger charge is 2.48. The van der Waals surface area contributed by atoms with E-state index in [-0.39, 0.29) is 29.6 Å². The molecule has 0 bridgehead atoms. The third kappa shape index (κ3) is 2.34. The van der Waals surface area contributed by atoms with E-state index >= 15 is 0 Å². The zero-order valence-corrected chi connectivity index (χ0v) is 13.1. The van der Waals surface area contributed by atoms with Gasteiger partial charge in [0, 0.05) is 19.0 Å². The quantitative estimate of drug-likeness (QED) is 0.855. The molecule has 6 nitrogen and oxygen atoms in total. The second kappa shape index (κ2) is 5.12. The maximum atomic E-state index is 12.5. The Bertz CT molecular complexity index is 745. The van der Waals surface area contributed by atoms with Crippen LogP contribution < -0.4 is 5.69 Å². The average Bonchev–Trinajstić information content (AvgIpc) is 2.78. The highest BCUT2D eigenvalue weighted by molar-refractivity contribution is 5.77. The monoisotopic (exact) mass is 300 g/mol. The molecule has 1 aliphatic heterocycles. The smallest absolute Gasteiger partial charge is 0.333 e. The summed E-state index contributed by atoms with van der Waals surface area (Å²) in [5, 5.41) is 3.95. The normalized spacial score (nSPS) is 19.8. The summed E-state index contributed by atoms with van der Waals surface area (Å²) in [6.07, 6.45) is 1.42. The highest BCUT2D eigenvalue weighted by atomic mass is 16.2. The minimum absolute atomic E-state index is 0.0148. The summed E-state index contributed by atoms with van der Waals surface area (Å²) in [5.74, 6) is -0.0750. The molecule has 1 unspecified atom stereocenters. The molecule has 1 amide bonds. The topological polar surface area (TPSA) is 60.1 Å². The first kappa shape index (κ1) is 14.6. The Morgan fingerprint density at radius 3 is 2.55 bits per heavy atom. The molecule has 3 rings (SSSR count). The lowest BCUT2D eigenvalue weighted by atomic mass is 9.71. The Kier molecular flexibility index (Phi) is 3.39. The third-order valence-electron chi connectivity index (χ3n) is 4.24.